The summed E-state index contributed by atoms with van der Waals surface area (Å²) in [5.41, 5.74) is 0. The molecule has 11 heavy (non-hydrogen) atoms. The Hall–Kier alpha value is -1.00. The topological polar surface area (TPSA) is 26.3 Å². The number of ether oxygens (including phenoxy) is 1. The number of carbonyl (C=O) groups excluding carboxylic acids is 1. The van der Waals surface area contributed by atoms with Gasteiger partial charge in [-0.05, 0) is 6.92 Å². The molecule has 5 heteroatoms. The lowest BCUT2D eigenvalue weighted by atomic mass is 10.3. The summed E-state index contributed by atoms with van der Waals surface area (Å²) in [6.45, 7) is 4.29. The van der Waals surface area contributed by atoms with Gasteiger partial charge in [-0.25, -0.2) is 0 Å². The largest absolute Gasteiger partial charge is 0.490 e. The summed E-state index contributed by atoms with van der Waals surface area (Å²) in [5, 5.41) is 0. The average molecular weight is 168 g/mol. The van der Waals surface area contributed by atoms with Crippen molar-refractivity contribution in [2.24, 2.45) is 0 Å². The molecule has 0 atom stereocenters. The zero-order valence-electron chi connectivity index (χ0n) is 5.86. The van der Waals surface area contributed by atoms with Gasteiger partial charge in [0, 0.05) is 0 Å². The van der Waals surface area contributed by atoms with E-state index >= 15 is 0 Å². The van der Waals surface area contributed by atoms with Crippen LogP contribution in [0.3, 0.4) is 0 Å². The molecule has 0 bridgehead atoms. The Morgan fingerprint density at radius 3 is 2.27 bits per heavy atom. The average Bonchev–Trinajstić information content (AvgIpc) is 1.85. The molecule has 0 aliphatic rings. The van der Waals surface area contributed by atoms with E-state index in [0.29, 0.717) is 0 Å². The van der Waals surface area contributed by atoms with Crippen molar-refractivity contribution in [2.75, 3.05) is 6.61 Å². The Labute approximate surface area is 61.6 Å². The van der Waals surface area contributed by atoms with Gasteiger partial charge in [-0.2, -0.15) is 13.2 Å². The van der Waals surface area contributed by atoms with Crippen molar-refractivity contribution in [3.8, 4) is 0 Å². The number of alkyl halides is 3. The maximum Gasteiger partial charge on any atom is 0.458 e. The van der Waals surface area contributed by atoms with E-state index in [0.717, 1.165) is 0 Å². The molecule has 0 saturated carbocycles. The van der Waals surface area contributed by atoms with Crippen LogP contribution in [0.15, 0.2) is 12.3 Å². The highest BCUT2D eigenvalue weighted by Gasteiger charge is 2.40. The molecule has 0 N–H and O–H groups in total. The van der Waals surface area contributed by atoms with Gasteiger partial charge in [0.2, 0.25) is 0 Å². The summed E-state index contributed by atoms with van der Waals surface area (Å²) < 4.78 is 38.9. The van der Waals surface area contributed by atoms with Crippen LogP contribution in [-0.4, -0.2) is 18.6 Å². The Kier molecular flexibility index (Phi) is 3.10. The van der Waals surface area contributed by atoms with E-state index in [1.165, 1.54) is 6.92 Å². The third-order valence-corrected chi connectivity index (χ3v) is 0.829. The molecular formula is C6H7F3O2. The van der Waals surface area contributed by atoms with Crippen molar-refractivity contribution in [2.45, 2.75) is 13.1 Å². The first-order chi connectivity index (χ1) is 4.89. The van der Waals surface area contributed by atoms with Crippen LogP contribution in [0, 0.1) is 0 Å². The second-order valence-electron chi connectivity index (χ2n) is 1.68. The fourth-order valence-corrected chi connectivity index (χ4v) is 0.398. The molecule has 0 rings (SSSR count). The molecule has 0 aromatic rings. The van der Waals surface area contributed by atoms with Crippen molar-refractivity contribution >= 4 is 5.78 Å². The highest BCUT2D eigenvalue weighted by Crippen LogP contribution is 2.19. The van der Waals surface area contributed by atoms with Crippen LogP contribution < -0.4 is 0 Å². The first-order valence-corrected chi connectivity index (χ1v) is 2.82. The number of hydrogen-bond acceptors (Lipinski definition) is 2. The maximum atomic E-state index is 11.5. The van der Waals surface area contributed by atoms with Gasteiger partial charge in [0.1, 0.15) is 0 Å². The van der Waals surface area contributed by atoms with Crippen LogP contribution in [0.2, 0.25) is 0 Å². The molecule has 0 aromatic heterocycles. The molecule has 64 valence electrons. The molecule has 0 aliphatic carbocycles. The summed E-state index contributed by atoms with van der Waals surface area (Å²) in [7, 11) is 0. The van der Waals surface area contributed by atoms with Gasteiger partial charge >= 0.3 is 6.18 Å². The minimum Gasteiger partial charge on any atom is -0.490 e. The maximum absolute atomic E-state index is 11.5. The molecular weight excluding hydrogens is 161 g/mol. The summed E-state index contributed by atoms with van der Waals surface area (Å²) in [4.78, 5) is 10.2. The van der Waals surface area contributed by atoms with Crippen molar-refractivity contribution < 1.29 is 22.7 Å². The standard InChI is InChI=1S/C6H7F3O2/c1-3-11-4(2)5(10)6(7,8)9/h2-3H2,1H3. The number of allylic oxidation sites excluding steroid dienone is 1. The van der Waals surface area contributed by atoms with Gasteiger partial charge in [0.15, 0.2) is 5.76 Å². The molecule has 0 aliphatic heterocycles. The number of ketones is 1. The van der Waals surface area contributed by atoms with Crippen LogP contribution in [0.5, 0.6) is 0 Å². The van der Waals surface area contributed by atoms with E-state index in [2.05, 4.69) is 11.3 Å². The zero-order chi connectivity index (χ0) is 9.07. The van der Waals surface area contributed by atoms with Gasteiger partial charge in [-0.3, -0.25) is 4.79 Å². The molecule has 0 radical (unpaired) electrons. The van der Waals surface area contributed by atoms with Crippen LogP contribution in [0.1, 0.15) is 6.92 Å². The zero-order valence-corrected chi connectivity index (χ0v) is 5.86. The fraction of sp³-hybridized carbons (Fsp3) is 0.500. The SMILES string of the molecule is C=C(OCC)C(=O)C(F)(F)F. The number of rotatable bonds is 3. The predicted octanol–water partition coefficient (Wildman–Crippen LogP) is 1.67. The third kappa shape index (κ3) is 3.06. The quantitative estimate of drug-likeness (QED) is 0.473. The van der Waals surface area contributed by atoms with Crippen LogP contribution in [0.25, 0.3) is 0 Å². The summed E-state index contributed by atoms with van der Waals surface area (Å²) in [5.74, 6) is -2.89. The number of carbonyl (C=O) groups is 1. The van der Waals surface area contributed by atoms with E-state index < -0.39 is 17.7 Å². The second-order valence-corrected chi connectivity index (χ2v) is 1.68. The lowest BCUT2D eigenvalue weighted by molar-refractivity contribution is -0.170. The second kappa shape index (κ2) is 3.41. The van der Waals surface area contributed by atoms with E-state index in [9.17, 15) is 18.0 Å². The highest BCUT2D eigenvalue weighted by atomic mass is 19.4. The normalized spacial score (nSPS) is 10.9. The fourth-order valence-electron chi connectivity index (χ4n) is 0.398. The lowest BCUT2D eigenvalue weighted by Gasteiger charge is -2.07. The lowest BCUT2D eigenvalue weighted by Crippen LogP contribution is -2.25. The van der Waals surface area contributed by atoms with E-state index in [1.54, 1.807) is 0 Å². The Bertz CT molecular complexity index is 171. The highest BCUT2D eigenvalue weighted by molar-refractivity contribution is 5.97. The summed E-state index contributed by atoms with van der Waals surface area (Å²) >= 11 is 0. The molecule has 0 unspecified atom stereocenters. The molecule has 0 saturated heterocycles. The van der Waals surface area contributed by atoms with Crippen molar-refractivity contribution in [3.63, 3.8) is 0 Å². The number of halogens is 3. The Morgan fingerprint density at radius 2 is 2.00 bits per heavy atom. The Morgan fingerprint density at radius 1 is 1.55 bits per heavy atom. The van der Waals surface area contributed by atoms with Gasteiger partial charge in [0.05, 0.1) is 6.61 Å². The van der Waals surface area contributed by atoms with E-state index in [-0.39, 0.29) is 6.61 Å². The first-order valence-electron chi connectivity index (χ1n) is 2.82. The molecule has 0 fully saturated rings. The molecule has 0 heterocycles. The van der Waals surface area contributed by atoms with Crippen molar-refractivity contribution in [3.05, 3.63) is 12.3 Å². The van der Waals surface area contributed by atoms with Gasteiger partial charge < -0.3 is 4.74 Å². The minimum atomic E-state index is -4.88. The van der Waals surface area contributed by atoms with Crippen molar-refractivity contribution in [1.29, 1.82) is 0 Å². The van der Waals surface area contributed by atoms with Crippen molar-refractivity contribution in [1.82, 2.24) is 0 Å². The monoisotopic (exact) mass is 168 g/mol. The van der Waals surface area contributed by atoms with Gasteiger partial charge in [-0.15, -0.1) is 0 Å². The Balaban J connectivity index is 4.15. The summed E-state index contributed by atoms with van der Waals surface area (Å²) in [6.07, 6.45) is -4.88. The smallest absolute Gasteiger partial charge is 0.458 e. The molecule has 0 spiro atoms. The predicted molar refractivity (Wildman–Crippen MR) is 31.8 cm³/mol. The van der Waals surface area contributed by atoms with E-state index in [1.807, 2.05) is 0 Å². The van der Waals surface area contributed by atoms with Crippen LogP contribution in [0.4, 0.5) is 13.2 Å². The van der Waals surface area contributed by atoms with Gasteiger partial charge in [0.25, 0.3) is 5.78 Å². The van der Waals surface area contributed by atoms with Crippen LogP contribution >= 0.6 is 0 Å². The molecule has 0 aromatic carbocycles. The number of hydrogen-bond donors (Lipinski definition) is 0. The van der Waals surface area contributed by atoms with Gasteiger partial charge in [-0.1, -0.05) is 6.58 Å². The molecule has 0 amide bonds. The molecule has 2 nitrogen and oxygen atoms in total. The number of Topliss-reactive ketones (excluding diaryl/α,β-unsaturated/α-hetero) is 1. The van der Waals surface area contributed by atoms with E-state index in [4.69, 9.17) is 0 Å². The first kappa shape index (κ1) is 10.0. The third-order valence-electron chi connectivity index (χ3n) is 0.829. The minimum absolute atomic E-state index is 0.000648. The summed E-state index contributed by atoms with van der Waals surface area (Å²) in [6, 6.07) is 0. The van der Waals surface area contributed by atoms with Crippen LogP contribution in [-0.2, 0) is 9.53 Å².